The normalized spacial score (nSPS) is 11.2. The van der Waals surface area contributed by atoms with E-state index >= 15 is 0 Å². The van der Waals surface area contributed by atoms with Gasteiger partial charge in [-0.3, -0.25) is 0 Å². The first-order chi connectivity index (χ1) is 8.27. The van der Waals surface area contributed by atoms with E-state index in [1.165, 1.54) is 0 Å². The molecule has 0 aromatic heterocycles. The van der Waals surface area contributed by atoms with E-state index in [9.17, 15) is 0 Å². The molecule has 0 aliphatic heterocycles. The molecule has 0 amide bonds. The molecule has 0 saturated heterocycles. The molecule has 2 aromatic rings. The fraction of sp³-hybridized carbons (Fsp3) is 0. The van der Waals surface area contributed by atoms with Gasteiger partial charge in [0, 0.05) is 4.48 Å². The van der Waals surface area contributed by atoms with Gasteiger partial charge in [0.2, 0.25) is 0 Å². The van der Waals surface area contributed by atoms with Crippen molar-refractivity contribution < 1.29 is 0 Å². The van der Waals surface area contributed by atoms with E-state index in [0.717, 1.165) is 21.2 Å². The van der Waals surface area contributed by atoms with Crippen LogP contribution in [-0.2, 0) is 0 Å². The Balaban J connectivity index is 2.24. The number of allylic oxidation sites excluding steroid dienone is 2. The smallest absolute Gasteiger partial charge is 0.0253 e. The Morgan fingerprint density at radius 2 is 1.41 bits per heavy atom. The lowest BCUT2D eigenvalue weighted by atomic mass is 10.1. The van der Waals surface area contributed by atoms with Crippen molar-refractivity contribution in [3.05, 3.63) is 82.9 Å². The van der Waals surface area contributed by atoms with E-state index in [-0.39, 0.29) is 0 Å². The highest BCUT2D eigenvalue weighted by atomic mass is 79.9. The second-order valence-electron chi connectivity index (χ2n) is 3.75. The van der Waals surface area contributed by atoms with Crippen LogP contribution in [-0.4, -0.2) is 0 Å². The van der Waals surface area contributed by atoms with E-state index in [1.54, 1.807) is 0 Å². The molecule has 0 atom stereocenters. The average molecular weight is 285 g/mol. The van der Waals surface area contributed by atoms with Gasteiger partial charge in [-0.25, -0.2) is 0 Å². The zero-order valence-corrected chi connectivity index (χ0v) is 11.0. The fourth-order valence-electron chi connectivity index (χ4n) is 1.56. The molecule has 0 aliphatic rings. The second kappa shape index (κ2) is 5.65. The minimum Gasteiger partial charge on any atom is -0.0900 e. The van der Waals surface area contributed by atoms with Crippen molar-refractivity contribution in [2.75, 3.05) is 0 Å². The van der Waals surface area contributed by atoms with Crippen molar-refractivity contribution in [3.63, 3.8) is 0 Å². The van der Waals surface area contributed by atoms with Crippen molar-refractivity contribution in [2.24, 2.45) is 0 Å². The standard InChI is InChI=1S/C16H13Br/c1-13(15-10-6-3-7-11-15)16(17)12-14-8-4-2-5-9-14/h2-12H,1H2/b16-12-. The maximum Gasteiger partial charge on any atom is 0.0253 e. The quantitative estimate of drug-likeness (QED) is 0.685. The van der Waals surface area contributed by atoms with Crippen LogP contribution in [0.25, 0.3) is 11.6 Å². The molecule has 0 N–H and O–H groups in total. The number of hydrogen-bond donors (Lipinski definition) is 0. The predicted molar refractivity (Wildman–Crippen MR) is 78.8 cm³/mol. The summed E-state index contributed by atoms with van der Waals surface area (Å²) in [7, 11) is 0. The molecule has 0 nitrogen and oxygen atoms in total. The topological polar surface area (TPSA) is 0 Å². The van der Waals surface area contributed by atoms with Gasteiger partial charge in [-0.15, -0.1) is 0 Å². The minimum absolute atomic E-state index is 0.995. The minimum atomic E-state index is 0.995. The molecule has 0 fully saturated rings. The van der Waals surface area contributed by atoms with Gasteiger partial charge in [0.15, 0.2) is 0 Å². The van der Waals surface area contributed by atoms with Crippen LogP contribution < -0.4 is 0 Å². The first-order valence-electron chi connectivity index (χ1n) is 5.44. The number of halogens is 1. The SMILES string of the molecule is C=C(/C(Br)=C/c1ccccc1)c1ccccc1. The fourth-order valence-corrected chi connectivity index (χ4v) is 2.05. The molecule has 1 heteroatoms. The van der Waals surface area contributed by atoms with E-state index in [0.29, 0.717) is 0 Å². The summed E-state index contributed by atoms with van der Waals surface area (Å²) >= 11 is 3.58. The Kier molecular flexibility index (Phi) is 3.94. The van der Waals surface area contributed by atoms with Gasteiger partial charge >= 0.3 is 0 Å². The Morgan fingerprint density at radius 3 is 2.00 bits per heavy atom. The summed E-state index contributed by atoms with van der Waals surface area (Å²) in [5.74, 6) is 0. The van der Waals surface area contributed by atoms with Crippen LogP contribution >= 0.6 is 15.9 Å². The molecule has 0 spiro atoms. The lowest BCUT2D eigenvalue weighted by Gasteiger charge is -2.04. The third-order valence-corrected chi connectivity index (χ3v) is 3.21. The zero-order chi connectivity index (χ0) is 12.1. The molecular formula is C16H13Br. The van der Waals surface area contributed by atoms with Gasteiger partial charge in [-0.1, -0.05) is 83.2 Å². The molecule has 2 aromatic carbocycles. The van der Waals surface area contributed by atoms with Crippen molar-refractivity contribution in [3.8, 4) is 0 Å². The number of hydrogen-bond acceptors (Lipinski definition) is 0. The second-order valence-corrected chi connectivity index (χ2v) is 4.60. The van der Waals surface area contributed by atoms with Crippen LogP contribution in [0.2, 0.25) is 0 Å². The third kappa shape index (κ3) is 3.18. The number of benzene rings is 2. The lowest BCUT2D eigenvalue weighted by molar-refractivity contribution is 1.62. The first-order valence-corrected chi connectivity index (χ1v) is 6.23. The van der Waals surface area contributed by atoms with Crippen LogP contribution in [0.15, 0.2) is 71.7 Å². The summed E-state index contributed by atoms with van der Waals surface area (Å²) in [6.07, 6.45) is 2.08. The monoisotopic (exact) mass is 284 g/mol. The lowest BCUT2D eigenvalue weighted by Crippen LogP contribution is -1.82. The van der Waals surface area contributed by atoms with Crippen LogP contribution in [0.1, 0.15) is 11.1 Å². The molecule has 0 bridgehead atoms. The molecule has 0 aliphatic carbocycles. The highest BCUT2D eigenvalue weighted by Gasteiger charge is 2.01. The highest BCUT2D eigenvalue weighted by Crippen LogP contribution is 2.27. The van der Waals surface area contributed by atoms with Gasteiger partial charge in [0.1, 0.15) is 0 Å². The summed E-state index contributed by atoms with van der Waals surface area (Å²) in [5, 5.41) is 0. The number of rotatable bonds is 3. The van der Waals surface area contributed by atoms with Gasteiger partial charge in [-0.05, 0) is 22.8 Å². The zero-order valence-electron chi connectivity index (χ0n) is 9.44. The van der Waals surface area contributed by atoms with Gasteiger partial charge in [0.05, 0.1) is 0 Å². The molecule has 0 heterocycles. The summed E-state index contributed by atoms with van der Waals surface area (Å²) in [4.78, 5) is 0. The summed E-state index contributed by atoms with van der Waals surface area (Å²) in [5.41, 5.74) is 3.29. The van der Waals surface area contributed by atoms with E-state index in [2.05, 4.69) is 52.9 Å². The van der Waals surface area contributed by atoms with Crippen molar-refractivity contribution in [2.45, 2.75) is 0 Å². The summed E-state index contributed by atoms with van der Waals surface area (Å²) < 4.78 is 1.01. The van der Waals surface area contributed by atoms with Crippen LogP contribution in [0.5, 0.6) is 0 Å². The summed E-state index contributed by atoms with van der Waals surface area (Å²) in [6.45, 7) is 4.11. The Morgan fingerprint density at radius 1 is 0.882 bits per heavy atom. The van der Waals surface area contributed by atoms with Crippen molar-refractivity contribution in [1.82, 2.24) is 0 Å². The highest BCUT2D eigenvalue weighted by molar-refractivity contribution is 9.12. The Labute approximate surface area is 110 Å². The Hall–Kier alpha value is -1.60. The van der Waals surface area contributed by atoms with E-state index < -0.39 is 0 Å². The Bertz CT molecular complexity index is 524. The molecule has 84 valence electrons. The molecule has 2 rings (SSSR count). The van der Waals surface area contributed by atoms with Gasteiger partial charge in [-0.2, -0.15) is 0 Å². The van der Waals surface area contributed by atoms with Crippen molar-refractivity contribution >= 4 is 27.6 Å². The van der Waals surface area contributed by atoms with Crippen LogP contribution in [0.4, 0.5) is 0 Å². The maximum atomic E-state index is 4.11. The predicted octanol–water partition coefficient (Wildman–Crippen LogP) is 5.14. The van der Waals surface area contributed by atoms with Crippen LogP contribution in [0.3, 0.4) is 0 Å². The van der Waals surface area contributed by atoms with Gasteiger partial charge in [0.25, 0.3) is 0 Å². The van der Waals surface area contributed by atoms with Crippen molar-refractivity contribution in [1.29, 1.82) is 0 Å². The molecule has 0 saturated carbocycles. The third-order valence-electron chi connectivity index (χ3n) is 2.50. The van der Waals surface area contributed by atoms with E-state index in [4.69, 9.17) is 0 Å². The van der Waals surface area contributed by atoms with Gasteiger partial charge < -0.3 is 0 Å². The molecular weight excluding hydrogens is 272 g/mol. The maximum absolute atomic E-state index is 4.11. The summed E-state index contributed by atoms with van der Waals surface area (Å²) in [6, 6.07) is 20.4. The van der Waals surface area contributed by atoms with E-state index in [1.807, 2.05) is 36.4 Å². The molecule has 0 radical (unpaired) electrons. The first kappa shape index (κ1) is 11.9. The largest absolute Gasteiger partial charge is 0.0900 e. The average Bonchev–Trinajstić information content (AvgIpc) is 2.40. The molecule has 17 heavy (non-hydrogen) atoms. The van der Waals surface area contributed by atoms with Crippen LogP contribution in [0, 0.1) is 0 Å². The molecule has 0 unspecified atom stereocenters.